The summed E-state index contributed by atoms with van der Waals surface area (Å²) in [5, 5.41) is 2.91. The van der Waals surface area contributed by atoms with Crippen molar-refractivity contribution in [2.45, 2.75) is 44.3 Å². The average Bonchev–Trinajstić information content (AvgIpc) is 2.76. The topological polar surface area (TPSA) is 97.0 Å². The van der Waals surface area contributed by atoms with Gasteiger partial charge >= 0.3 is 0 Å². The van der Waals surface area contributed by atoms with Crippen molar-refractivity contribution >= 4 is 21.6 Å². The standard InChI is InChI=1S/C24H33N3O5S/c1-4-31-22-9-11-23(12-10-22)33(29,30)26-21-8-5-7-20(15-21)24(28)25-13-6-14-27-16-18(2)32-19(3)17-27/h5,7-12,15,18-19,26H,4,6,13-14,16-17H2,1-3H3,(H,25,28)/t18-,19+. The first-order chi connectivity index (χ1) is 15.8. The lowest BCUT2D eigenvalue weighted by atomic mass is 10.2. The first kappa shape index (κ1) is 25.0. The molecule has 33 heavy (non-hydrogen) atoms. The van der Waals surface area contributed by atoms with Crippen molar-refractivity contribution < 1.29 is 22.7 Å². The Morgan fingerprint density at radius 3 is 2.48 bits per heavy atom. The molecule has 1 heterocycles. The molecule has 0 saturated carbocycles. The zero-order valence-electron chi connectivity index (χ0n) is 19.4. The largest absolute Gasteiger partial charge is 0.494 e. The Bertz CT molecular complexity index is 1020. The summed E-state index contributed by atoms with van der Waals surface area (Å²) in [5.74, 6) is 0.369. The molecule has 2 aromatic rings. The van der Waals surface area contributed by atoms with Crippen LogP contribution < -0.4 is 14.8 Å². The fourth-order valence-electron chi connectivity index (χ4n) is 3.89. The molecule has 0 aromatic heterocycles. The van der Waals surface area contributed by atoms with E-state index in [0.29, 0.717) is 30.2 Å². The molecule has 180 valence electrons. The van der Waals surface area contributed by atoms with E-state index in [1.54, 1.807) is 30.3 Å². The lowest BCUT2D eigenvalue weighted by Crippen LogP contribution is -2.46. The lowest BCUT2D eigenvalue weighted by Gasteiger charge is -2.35. The van der Waals surface area contributed by atoms with Gasteiger partial charge in [0.25, 0.3) is 15.9 Å². The third kappa shape index (κ3) is 7.45. The summed E-state index contributed by atoms with van der Waals surface area (Å²) < 4.78 is 39.0. The molecule has 2 atom stereocenters. The number of carbonyl (C=O) groups is 1. The van der Waals surface area contributed by atoms with Gasteiger partial charge in [0.15, 0.2) is 0 Å². The molecule has 1 fully saturated rings. The van der Waals surface area contributed by atoms with E-state index in [1.807, 2.05) is 6.92 Å². The Kier molecular flexibility index (Phi) is 8.71. The number of ether oxygens (including phenoxy) is 2. The number of hydrogen-bond acceptors (Lipinski definition) is 6. The van der Waals surface area contributed by atoms with E-state index in [-0.39, 0.29) is 23.0 Å². The molecular weight excluding hydrogens is 442 g/mol. The van der Waals surface area contributed by atoms with Crippen molar-refractivity contribution in [2.75, 3.05) is 37.5 Å². The number of carbonyl (C=O) groups excluding carboxylic acids is 1. The van der Waals surface area contributed by atoms with Gasteiger partial charge in [0, 0.05) is 37.4 Å². The molecule has 0 radical (unpaired) electrons. The minimum atomic E-state index is -3.78. The van der Waals surface area contributed by atoms with Crippen molar-refractivity contribution in [2.24, 2.45) is 0 Å². The quantitative estimate of drug-likeness (QED) is 0.513. The summed E-state index contributed by atoms with van der Waals surface area (Å²) >= 11 is 0. The minimum Gasteiger partial charge on any atom is -0.494 e. The van der Waals surface area contributed by atoms with Crippen LogP contribution in [-0.4, -0.2) is 64.2 Å². The van der Waals surface area contributed by atoms with Crippen molar-refractivity contribution in [1.29, 1.82) is 0 Å². The summed E-state index contributed by atoms with van der Waals surface area (Å²) in [5.41, 5.74) is 0.725. The number of amides is 1. The van der Waals surface area contributed by atoms with E-state index in [2.05, 4.69) is 28.8 Å². The first-order valence-corrected chi connectivity index (χ1v) is 12.8. The molecule has 0 spiro atoms. The highest BCUT2D eigenvalue weighted by molar-refractivity contribution is 7.92. The van der Waals surface area contributed by atoms with Crippen LogP contribution in [0.2, 0.25) is 0 Å². The van der Waals surface area contributed by atoms with Gasteiger partial charge in [-0.1, -0.05) is 6.07 Å². The maximum Gasteiger partial charge on any atom is 0.261 e. The summed E-state index contributed by atoms with van der Waals surface area (Å²) in [7, 11) is -3.78. The second-order valence-electron chi connectivity index (χ2n) is 8.22. The summed E-state index contributed by atoms with van der Waals surface area (Å²) in [6.07, 6.45) is 1.27. The predicted molar refractivity (Wildman–Crippen MR) is 128 cm³/mol. The highest BCUT2D eigenvalue weighted by atomic mass is 32.2. The van der Waals surface area contributed by atoms with Gasteiger partial charge < -0.3 is 14.8 Å². The van der Waals surface area contributed by atoms with Gasteiger partial charge in [-0.05, 0) is 69.7 Å². The molecule has 1 aliphatic rings. The van der Waals surface area contributed by atoms with Crippen LogP contribution in [0.5, 0.6) is 5.75 Å². The zero-order valence-corrected chi connectivity index (χ0v) is 20.2. The SMILES string of the molecule is CCOc1ccc(S(=O)(=O)Nc2cccc(C(=O)NCCCN3C[C@@H](C)O[C@@H](C)C3)c2)cc1. The number of rotatable bonds is 10. The van der Waals surface area contributed by atoms with Gasteiger partial charge in [0.1, 0.15) is 5.75 Å². The third-order valence-electron chi connectivity index (χ3n) is 5.25. The highest BCUT2D eigenvalue weighted by Crippen LogP contribution is 2.20. The number of morpholine rings is 1. The minimum absolute atomic E-state index is 0.118. The molecule has 9 heteroatoms. The molecule has 2 N–H and O–H groups in total. The van der Waals surface area contributed by atoms with Crippen molar-refractivity contribution in [1.82, 2.24) is 10.2 Å². The Morgan fingerprint density at radius 1 is 1.12 bits per heavy atom. The van der Waals surface area contributed by atoms with E-state index in [1.165, 1.54) is 18.2 Å². The Labute approximate surface area is 196 Å². The van der Waals surface area contributed by atoms with Crippen LogP contribution in [0.25, 0.3) is 0 Å². The van der Waals surface area contributed by atoms with E-state index in [0.717, 1.165) is 26.1 Å². The summed E-state index contributed by atoms with van der Waals surface area (Å²) in [6, 6.07) is 12.7. The van der Waals surface area contributed by atoms with Crippen molar-refractivity contribution in [3.05, 3.63) is 54.1 Å². The van der Waals surface area contributed by atoms with Crippen molar-refractivity contribution in [3.8, 4) is 5.75 Å². The number of benzene rings is 2. The Balaban J connectivity index is 1.52. The summed E-state index contributed by atoms with van der Waals surface area (Å²) in [6.45, 7) is 9.74. The van der Waals surface area contributed by atoms with Gasteiger partial charge in [-0.15, -0.1) is 0 Å². The van der Waals surface area contributed by atoms with Crippen LogP contribution in [0.3, 0.4) is 0 Å². The van der Waals surface area contributed by atoms with Crippen molar-refractivity contribution in [3.63, 3.8) is 0 Å². The van der Waals surface area contributed by atoms with E-state index >= 15 is 0 Å². The monoisotopic (exact) mass is 475 g/mol. The zero-order chi connectivity index (χ0) is 23.8. The first-order valence-electron chi connectivity index (χ1n) is 11.3. The molecule has 0 aliphatic carbocycles. The molecule has 2 aromatic carbocycles. The molecule has 3 rings (SSSR count). The van der Waals surface area contributed by atoms with Crippen LogP contribution in [0.4, 0.5) is 5.69 Å². The normalized spacial score (nSPS) is 19.1. The lowest BCUT2D eigenvalue weighted by molar-refractivity contribution is -0.0680. The number of nitrogens with one attached hydrogen (secondary N) is 2. The number of anilines is 1. The maximum atomic E-state index is 12.7. The second kappa shape index (κ2) is 11.5. The van der Waals surface area contributed by atoms with Gasteiger partial charge in [-0.2, -0.15) is 0 Å². The number of nitrogens with zero attached hydrogens (tertiary/aromatic N) is 1. The van der Waals surface area contributed by atoms with Gasteiger partial charge in [0.05, 0.1) is 23.7 Å². The smallest absolute Gasteiger partial charge is 0.261 e. The van der Waals surface area contributed by atoms with Crippen LogP contribution in [0.1, 0.15) is 37.6 Å². The van der Waals surface area contributed by atoms with Crippen LogP contribution >= 0.6 is 0 Å². The van der Waals surface area contributed by atoms with Crippen LogP contribution in [0, 0.1) is 0 Å². The molecule has 1 aliphatic heterocycles. The fourth-order valence-corrected chi connectivity index (χ4v) is 4.94. The van der Waals surface area contributed by atoms with Gasteiger partial charge in [0.2, 0.25) is 0 Å². The maximum absolute atomic E-state index is 12.7. The second-order valence-corrected chi connectivity index (χ2v) is 9.90. The van der Waals surface area contributed by atoms with Crippen LogP contribution in [0.15, 0.2) is 53.4 Å². The van der Waals surface area contributed by atoms with Gasteiger partial charge in [-0.25, -0.2) is 8.42 Å². The van der Waals surface area contributed by atoms with E-state index < -0.39 is 10.0 Å². The molecule has 0 unspecified atom stereocenters. The molecule has 1 saturated heterocycles. The highest BCUT2D eigenvalue weighted by Gasteiger charge is 2.21. The number of sulfonamides is 1. The van der Waals surface area contributed by atoms with E-state index in [4.69, 9.17) is 9.47 Å². The summed E-state index contributed by atoms with van der Waals surface area (Å²) in [4.78, 5) is 15.0. The van der Waals surface area contributed by atoms with Crippen LogP contribution in [-0.2, 0) is 14.8 Å². The molecular formula is C24H33N3O5S. The molecule has 1 amide bonds. The fraction of sp³-hybridized carbons (Fsp3) is 0.458. The average molecular weight is 476 g/mol. The predicted octanol–water partition coefficient (Wildman–Crippen LogP) is 3.12. The van der Waals surface area contributed by atoms with E-state index in [9.17, 15) is 13.2 Å². The molecule has 0 bridgehead atoms. The molecule has 8 nitrogen and oxygen atoms in total. The Morgan fingerprint density at radius 2 is 1.82 bits per heavy atom. The van der Waals surface area contributed by atoms with Gasteiger partial charge in [-0.3, -0.25) is 14.4 Å². The number of hydrogen-bond donors (Lipinski definition) is 2. The third-order valence-corrected chi connectivity index (χ3v) is 6.65. The Hall–Kier alpha value is -2.62.